The highest BCUT2D eigenvalue weighted by Crippen LogP contribution is 2.43. The van der Waals surface area contributed by atoms with Crippen molar-refractivity contribution in [1.82, 2.24) is 5.43 Å². The maximum absolute atomic E-state index is 12.4. The zero-order valence-corrected chi connectivity index (χ0v) is 13.6. The minimum absolute atomic E-state index is 0.0350. The van der Waals surface area contributed by atoms with Crippen molar-refractivity contribution in [2.24, 2.45) is 5.41 Å². The van der Waals surface area contributed by atoms with Crippen molar-refractivity contribution in [2.45, 2.75) is 39.7 Å². The number of aliphatic hydroxyl groups excluding tert-OH is 1. The smallest absolute Gasteiger partial charge is 0.305 e. The number of anilines is 1. The summed E-state index contributed by atoms with van der Waals surface area (Å²) in [7, 11) is 0. The molecule has 1 aliphatic carbocycles. The molecule has 122 valence electrons. The quantitative estimate of drug-likeness (QED) is 0.760. The second-order valence-corrected chi connectivity index (χ2v) is 6.90. The lowest BCUT2D eigenvalue weighted by Gasteiger charge is -2.31. The van der Waals surface area contributed by atoms with Crippen LogP contribution in [0, 0.1) is 12.3 Å². The molecule has 1 aromatic carbocycles. The number of hydrogen-bond acceptors (Lipinski definition) is 4. The topological polar surface area (TPSA) is 74.5 Å². The zero-order valence-electron chi connectivity index (χ0n) is 13.6. The third-order valence-corrected chi connectivity index (χ3v) is 4.29. The van der Waals surface area contributed by atoms with Gasteiger partial charge < -0.3 is 9.52 Å². The van der Waals surface area contributed by atoms with Gasteiger partial charge in [0.2, 0.25) is 0 Å². The van der Waals surface area contributed by atoms with Crippen LogP contribution in [-0.2, 0) is 6.42 Å². The van der Waals surface area contributed by atoms with E-state index in [4.69, 9.17) is 4.42 Å². The fourth-order valence-electron chi connectivity index (χ4n) is 3.21. The van der Waals surface area contributed by atoms with E-state index in [1.54, 1.807) is 0 Å². The number of carbonyl (C=O) groups excluding carboxylic acids is 1. The summed E-state index contributed by atoms with van der Waals surface area (Å²) in [5.41, 5.74) is 7.74. The number of furan rings is 1. The number of carbonyl (C=O) groups is 1. The van der Waals surface area contributed by atoms with E-state index in [0.29, 0.717) is 6.42 Å². The number of nitrogens with one attached hydrogen (secondary N) is 2. The number of fused-ring (bicyclic) bond motifs is 1. The lowest BCUT2D eigenvalue weighted by atomic mass is 9.75. The minimum Gasteiger partial charge on any atom is -0.455 e. The minimum atomic E-state index is -0.582. The van der Waals surface area contributed by atoms with Gasteiger partial charge in [-0.15, -0.1) is 0 Å². The Balaban J connectivity index is 1.80. The molecule has 3 N–H and O–H groups in total. The van der Waals surface area contributed by atoms with Crippen LogP contribution in [0.2, 0.25) is 0 Å². The van der Waals surface area contributed by atoms with Crippen molar-refractivity contribution in [3.05, 3.63) is 53.0 Å². The summed E-state index contributed by atoms with van der Waals surface area (Å²) in [4.78, 5) is 12.4. The van der Waals surface area contributed by atoms with Crippen LogP contribution in [-0.4, -0.2) is 11.0 Å². The van der Waals surface area contributed by atoms with Crippen LogP contribution in [0.4, 0.5) is 5.69 Å². The molecule has 0 bridgehead atoms. The van der Waals surface area contributed by atoms with Crippen molar-refractivity contribution in [3.8, 4) is 0 Å². The monoisotopic (exact) mass is 314 g/mol. The second-order valence-electron chi connectivity index (χ2n) is 6.90. The van der Waals surface area contributed by atoms with Crippen LogP contribution < -0.4 is 10.9 Å². The van der Waals surface area contributed by atoms with Gasteiger partial charge in [0, 0.05) is 17.5 Å². The van der Waals surface area contributed by atoms with Crippen LogP contribution in [0.25, 0.3) is 0 Å². The normalized spacial score (nSPS) is 19.0. The number of amides is 1. The number of hydrazine groups is 1. The Bertz CT molecular complexity index is 719. The first-order valence-electron chi connectivity index (χ1n) is 7.79. The predicted octanol–water partition coefficient (Wildman–Crippen LogP) is 3.35. The summed E-state index contributed by atoms with van der Waals surface area (Å²) < 4.78 is 5.78. The number of hydrogen-bond donors (Lipinski definition) is 3. The summed E-state index contributed by atoms with van der Waals surface area (Å²) in [5.74, 6) is 0.636. The number of aliphatic hydroxyl groups is 1. The average Bonchev–Trinajstić information content (AvgIpc) is 2.81. The van der Waals surface area contributed by atoms with Gasteiger partial charge in [0.15, 0.2) is 5.76 Å². The molecule has 1 aliphatic rings. The Morgan fingerprint density at radius 1 is 1.30 bits per heavy atom. The first kappa shape index (κ1) is 15.6. The first-order chi connectivity index (χ1) is 10.9. The molecule has 1 aromatic heterocycles. The molecule has 3 rings (SSSR count). The highest BCUT2D eigenvalue weighted by molar-refractivity contribution is 5.94. The standard InChI is InChI=1S/C18H22N2O3/c1-11-15-13(21)9-18(2,3)10-14(15)23-16(11)17(22)20-19-12-7-5-4-6-8-12/h4-8,13,19,21H,9-10H2,1-3H3,(H,20,22). The molecule has 1 amide bonds. The fourth-order valence-corrected chi connectivity index (χ4v) is 3.21. The fraction of sp³-hybridized carbons (Fsp3) is 0.389. The van der Waals surface area contributed by atoms with E-state index in [9.17, 15) is 9.90 Å². The van der Waals surface area contributed by atoms with E-state index in [2.05, 4.69) is 24.7 Å². The third kappa shape index (κ3) is 3.10. The molecule has 0 fully saturated rings. The maximum Gasteiger partial charge on any atom is 0.305 e. The Morgan fingerprint density at radius 3 is 2.70 bits per heavy atom. The summed E-state index contributed by atoms with van der Waals surface area (Å²) in [6, 6.07) is 9.37. The van der Waals surface area contributed by atoms with Crippen molar-refractivity contribution < 1.29 is 14.3 Å². The van der Waals surface area contributed by atoms with Gasteiger partial charge in [-0.25, -0.2) is 0 Å². The Hall–Kier alpha value is -2.27. The molecule has 0 spiro atoms. The molecular weight excluding hydrogens is 292 g/mol. The second kappa shape index (κ2) is 5.74. The Kier molecular flexibility index (Phi) is 3.90. The van der Waals surface area contributed by atoms with Crippen molar-refractivity contribution in [1.29, 1.82) is 0 Å². The highest BCUT2D eigenvalue weighted by atomic mass is 16.4. The zero-order chi connectivity index (χ0) is 16.6. The maximum atomic E-state index is 12.4. The molecule has 23 heavy (non-hydrogen) atoms. The molecule has 0 aliphatic heterocycles. The van der Waals surface area contributed by atoms with Crippen LogP contribution in [0.1, 0.15) is 53.8 Å². The summed E-state index contributed by atoms with van der Waals surface area (Å²) in [5, 5.41) is 10.4. The lowest BCUT2D eigenvalue weighted by Crippen LogP contribution is -2.29. The van der Waals surface area contributed by atoms with Gasteiger partial charge >= 0.3 is 5.91 Å². The Labute approximate surface area is 135 Å². The van der Waals surface area contributed by atoms with Gasteiger partial charge in [-0.3, -0.25) is 15.6 Å². The molecular formula is C18H22N2O3. The molecule has 5 nitrogen and oxygen atoms in total. The molecule has 1 atom stereocenters. The van der Waals surface area contributed by atoms with Gasteiger partial charge in [-0.2, -0.15) is 0 Å². The van der Waals surface area contributed by atoms with Crippen molar-refractivity contribution in [3.63, 3.8) is 0 Å². The molecule has 1 unspecified atom stereocenters. The number of benzene rings is 1. The number of para-hydroxylation sites is 1. The first-order valence-corrected chi connectivity index (χ1v) is 7.79. The van der Waals surface area contributed by atoms with E-state index >= 15 is 0 Å². The SMILES string of the molecule is Cc1c(C(=O)NNc2ccccc2)oc2c1C(O)CC(C)(C)C2. The van der Waals surface area contributed by atoms with Gasteiger partial charge in [-0.05, 0) is 30.9 Å². The number of rotatable bonds is 3. The van der Waals surface area contributed by atoms with Crippen LogP contribution in [0.15, 0.2) is 34.7 Å². The van der Waals surface area contributed by atoms with E-state index in [1.807, 2.05) is 37.3 Å². The average molecular weight is 314 g/mol. The molecule has 0 saturated heterocycles. The summed E-state index contributed by atoms with van der Waals surface area (Å²) >= 11 is 0. The van der Waals surface area contributed by atoms with Crippen LogP contribution >= 0.6 is 0 Å². The van der Waals surface area contributed by atoms with Gasteiger partial charge in [-0.1, -0.05) is 32.0 Å². The van der Waals surface area contributed by atoms with Crippen LogP contribution in [0.5, 0.6) is 0 Å². The largest absolute Gasteiger partial charge is 0.455 e. The Morgan fingerprint density at radius 2 is 2.00 bits per heavy atom. The molecule has 1 heterocycles. The molecule has 0 saturated carbocycles. The summed E-state index contributed by atoms with van der Waals surface area (Å²) in [6.07, 6.45) is 0.810. The third-order valence-electron chi connectivity index (χ3n) is 4.29. The van der Waals surface area contributed by atoms with Crippen LogP contribution in [0.3, 0.4) is 0 Å². The predicted molar refractivity (Wildman–Crippen MR) is 88.0 cm³/mol. The van der Waals surface area contributed by atoms with Gasteiger partial charge in [0.05, 0.1) is 11.8 Å². The summed E-state index contributed by atoms with van der Waals surface area (Å²) in [6.45, 7) is 6.00. The van der Waals surface area contributed by atoms with E-state index in [1.165, 1.54) is 0 Å². The molecule has 5 heteroatoms. The lowest BCUT2D eigenvalue weighted by molar-refractivity contribution is 0.0890. The van der Waals surface area contributed by atoms with E-state index < -0.39 is 6.10 Å². The van der Waals surface area contributed by atoms with Crippen molar-refractivity contribution >= 4 is 11.6 Å². The van der Waals surface area contributed by atoms with Gasteiger partial charge in [0.1, 0.15) is 5.76 Å². The molecule has 0 radical (unpaired) electrons. The van der Waals surface area contributed by atoms with E-state index in [-0.39, 0.29) is 17.1 Å². The molecule has 2 aromatic rings. The van der Waals surface area contributed by atoms with E-state index in [0.717, 1.165) is 29.0 Å². The van der Waals surface area contributed by atoms with Gasteiger partial charge in [0.25, 0.3) is 0 Å². The highest BCUT2D eigenvalue weighted by Gasteiger charge is 2.37. The van der Waals surface area contributed by atoms with Crippen molar-refractivity contribution in [2.75, 3.05) is 5.43 Å².